The van der Waals surface area contributed by atoms with Gasteiger partial charge in [-0.05, 0) is 0 Å². The number of halogens is 2. The summed E-state index contributed by atoms with van der Waals surface area (Å²) in [6.07, 6.45) is 1.99. The topological polar surface area (TPSA) is 41.2 Å². The maximum absolute atomic E-state index is 12.6. The van der Waals surface area contributed by atoms with E-state index in [1.807, 2.05) is 0 Å². The summed E-state index contributed by atoms with van der Waals surface area (Å²) in [4.78, 5) is 10.1. The van der Waals surface area contributed by atoms with E-state index in [0.717, 1.165) is 12.4 Å². The van der Waals surface area contributed by atoms with Crippen molar-refractivity contribution < 1.29 is 23.2 Å². The third-order valence-corrected chi connectivity index (χ3v) is 1.30. The summed E-state index contributed by atoms with van der Waals surface area (Å²) in [7, 11) is 0. The number of hydrogen-bond donors (Lipinski definition) is 1. The molecule has 1 aromatic rings. The molecule has 12 heavy (non-hydrogen) atoms. The van der Waals surface area contributed by atoms with Crippen LogP contribution in [0, 0.1) is 0 Å². The fraction of sp³-hybridized carbons (Fsp3) is 0.143. The van der Waals surface area contributed by atoms with Gasteiger partial charge in [-0.2, -0.15) is 0 Å². The molecule has 1 rings (SSSR count). The Morgan fingerprint density at radius 3 is 2.17 bits per heavy atom. The van der Waals surface area contributed by atoms with Gasteiger partial charge in [-0.3, -0.25) is 0 Å². The number of rotatable bonds is 2. The van der Waals surface area contributed by atoms with Crippen molar-refractivity contribution >= 4 is 5.97 Å². The predicted octanol–water partition coefficient (Wildman–Crippen LogP) is 0.608. The number of aliphatic carboxylic acids is 1. The molecular formula is C7H6F2NO2+. The van der Waals surface area contributed by atoms with E-state index in [-0.39, 0.29) is 0 Å². The second kappa shape index (κ2) is 2.84. The highest BCUT2D eigenvalue weighted by atomic mass is 19.3. The maximum Gasteiger partial charge on any atom is 0.564 e. The van der Waals surface area contributed by atoms with Crippen molar-refractivity contribution in [1.82, 2.24) is 0 Å². The molecule has 0 atom stereocenters. The van der Waals surface area contributed by atoms with Gasteiger partial charge < -0.3 is 5.11 Å². The summed E-state index contributed by atoms with van der Waals surface area (Å²) in [5.74, 6) is -2.17. The first-order chi connectivity index (χ1) is 5.55. The molecule has 1 aromatic heterocycles. The molecule has 0 fully saturated rings. The number of pyridine rings is 1. The van der Waals surface area contributed by atoms with E-state index in [1.54, 1.807) is 0 Å². The van der Waals surface area contributed by atoms with Gasteiger partial charge >= 0.3 is 12.0 Å². The molecule has 0 saturated carbocycles. The number of carboxylic acid groups (broad SMARTS) is 1. The van der Waals surface area contributed by atoms with E-state index < -0.39 is 12.0 Å². The summed E-state index contributed by atoms with van der Waals surface area (Å²) >= 11 is 0. The van der Waals surface area contributed by atoms with Gasteiger partial charge in [0.15, 0.2) is 12.4 Å². The van der Waals surface area contributed by atoms with Crippen molar-refractivity contribution in [3.8, 4) is 0 Å². The molecule has 0 unspecified atom stereocenters. The zero-order chi connectivity index (χ0) is 9.19. The Kier molecular flexibility index (Phi) is 2.03. The van der Waals surface area contributed by atoms with Crippen molar-refractivity contribution in [3.05, 3.63) is 30.6 Å². The first-order valence-electron chi connectivity index (χ1n) is 3.13. The molecule has 1 heterocycles. The average molecular weight is 174 g/mol. The first kappa shape index (κ1) is 8.58. The van der Waals surface area contributed by atoms with Crippen molar-refractivity contribution in [1.29, 1.82) is 0 Å². The van der Waals surface area contributed by atoms with Crippen LogP contribution < -0.4 is 4.57 Å². The van der Waals surface area contributed by atoms with Crippen LogP contribution in [-0.2, 0) is 10.8 Å². The quantitative estimate of drug-likeness (QED) is 0.667. The highest BCUT2D eigenvalue weighted by Crippen LogP contribution is 2.11. The molecule has 0 aromatic carbocycles. The number of aromatic nitrogens is 1. The number of alkyl halides is 2. The Balaban J connectivity index is 3.06. The third-order valence-electron chi connectivity index (χ3n) is 1.30. The molecule has 0 aliphatic heterocycles. The van der Waals surface area contributed by atoms with Crippen LogP contribution in [0.25, 0.3) is 0 Å². The van der Waals surface area contributed by atoms with Gasteiger partial charge in [0.25, 0.3) is 0 Å². The van der Waals surface area contributed by atoms with E-state index in [2.05, 4.69) is 0 Å². The molecule has 1 N–H and O–H groups in total. The minimum absolute atomic E-state index is 0.329. The van der Waals surface area contributed by atoms with Gasteiger partial charge in [-0.1, -0.05) is 6.07 Å². The molecule has 64 valence electrons. The largest absolute Gasteiger partial charge is 0.564 e. The maximum atomic E-state index is 12.6. The van der Waals surface area contributed by atoms with Gasteiger partial charge in [0.2, 0.25) is 0 Å². The average Bonchev–Trinajstić information content (AvgIpc) is 2.06. The fourth-order valence-electron chi connectivity index (χ4n) is 0.696. The molecule has 0 aliphatic rings. The normalized spacial score (nSPS) is 11.2. The summed E-state index contributed by atoms with van der Waals surface area (Å²) in [6.45, 7) is 0. The van der Waals surface area contributed by atoms with Crippen LogP contribution in [0.1, 0.15) is 0 Å². The zero-order valence-corrected chi connectivity index (χ0v) is 5.95. The minimum atomic E-state index is -3.87. The molecule has 5 heteroatoms. The van der Waals surface area contributed by atoms with Gasteiger partial charge in [-0.15, -0.1) is 13.3 Å². The highest BCUT2D eigenvalue weighted by Gasteiger charge is 2.50. The molecular weight excluding hydrogens is 168 g/mol. The first-order valence-corrected chi connectivity index (χ1v) is 3.13. The van der Waals surface area contributed by atoms with E-state index in [1.165, 1.54) is 18.2 Å². The van der Waals surface area contributed by atoms with Crippen LogP contribution in [0.15, 0.2) is 30.6 Å². The van der Waals surface area contributed by atoms with Crippen molar-refractivity contribution in [2.75, 3.05) is 0 Å². The van der Waals surface area contributed by atoms with Crippen LogP contribution in [0.4, 0.5) is 8.78 Å². The Bertz CT molecular complexity index is 287. The van der Waals surface area contributed by atoms with Gasteiger partial charge in [0.05, 0.1) is 0 Å². The summed E-state index contributed by atoms with van der Waals surface area (Å²) in [5, 5.41) is 8.12. The minimum Gasteiger partial charge on any atom is -0.471 e. The Labute approximate surface area is 66.9 Å². The molecule has 0 aliphatic carbocycles. The monoisotopic (exact) mass is 174 g/mol. The molecule has 3 nitrogen and oxygen atoms in total. The smallest absolute Gasteiger partial charge is 0.471 e. The van der Waals surface area contributed by atoms with Crippen LogP contribution in [0.5, 0.6) is 0 Å². The lowest BCUT2D eigenvalue weighted by Crippen LogP contribution is -2.54. The fourth-order valence-corrected chi connectivity index (χ4v) is 0.696. The highest BCUT2D eigenvalue weighted by molar-refractivity contribution is 5.70. The van der Waals surface area contributed by atoms with Gasteiger partial charge in [-0.25, -0.2) is 4.79 Å². The number of hydrogen-bond acceptors (Lipinski definition) is 1. The molecule has 0 spiro atoms. The van der Waals surface area contributed by atoms with Crippen LogP contribution in [0.3, 0.4) is 0 Å². The number of carboxylic acids is 1. The van der Waals surface area contributed by atoms with Crippen molar-refractivity contribution in [3.63, 3.8) is 0 Å². The standard InChI is InChI=1S/C7H5F2NO2/c8-7(9,6(11)12)10-4-2-1-3-5-10/h1-5H/p+1. The second-order valence-corrected chi connectivity index (χ2v) is 2.13. The molecule has 0 bridgehead atoms. The molecule has 0 saturated heterocycles. The Morgan fingerprint density at radius 1 is 1.25 bits per heavy atom. The summed E-state index contributed by atoms with van der Waals surface area (Å²) in [5.41, 5.74) is 0. The van der Waals surface area contributed by atoms with Crippen molar-refractivity contribution in [2.45, 2.75) is 6.05 Å². The SMILES string of the molecule is O=C(O)C(F)(F)[n+]1ccccc1. The van der Waals surface area contributed by atoms with Gasteiger partial charge in [0, 0.05) is 12.1 Å². The van der Waals surface area contributed by atoms with Crippen molar-refractivity contribution in [2.24, 2.45) is 0 Å². The van der Waals surface area contributed by atoms with Gasteiger partial charge in [0.1, 0.15) is 0 Å². The van der Waals surface area contributed by atoms with Crippen LogP contribution >= 0.6 is 0 Å². The number of nitrogens with zero attached hydrogens (tertiary/aromatic N) is 1. The summed E-state index contributed by atoms with van der Waals surface area (Å²) < 4.78 is 25.6. The van der Waals surface area contributed by atoms with E-state index in [4.69, 9.17) is 5.11 Å². The zero-order valence-electron chi connectivity index (χ0n) is 5.95. The second-order valence-electron chi connectivity index (χ2n) is 2.13. The van der Waals surface area contributed by atoms with E-state index >= 15 is 0 Å². The number of carbonyl (C=O) groups is 1. The Hall–Kier alpha value is -1.52. The lowest BCUT2D eigenvalue weighted by atomic mass is 10.4. The lowest BCUT2D eigenvalue weighted by Gasteiger charge is -2.03. The third kappa shape index (κ3) is 1.39. The summed E-state index contributed by atoms with van der Waals surface area (Å²) in [6, 6.07) is 0.309. The molecule has 0 radical (unpaired) electrons. The van der Waals surface area contributed by atoms with Crippen LogP contribution in [-0.4, -0.2) is 11.1 Å². The van der Waals surface area contributed by atoms with E-state index in [0.29, 0.717) is 4.57 Å². The molecule has 0 amide bonds. The van der Waals surface area contributed by atoms with Crippen LogP contribution in [0.2, 0.25) is 0 Å². The Morgan fingerprint density at radius 2 is 1.75 bits per heavy atom. The predicted molar refractivity (Wildman–Crippen MR) is 34.5 cm³/mol. The van der Waals surface area contributed by atoms with E-state index in [9.17, 15) is 13.6 Å². The lowest BCUT2D eigenvalue weighted by molar-refractivity contribution is -0.806.